The van der Waals surface area contributed by atoms with Crippen LogP contribution in [0.1, 0.15) is 13.3 Å². The molecule has 0 bridgehead atoms. The molecule has 0 saturated heterocycles. The summed E-state index contributed by atoms with van der Waals surface area (Å²) in [5.41, 5.74) is 0. The lowest BCUT2D eigenvalue weighted by atomic mass is 10.5. The third kappa shape index (κ3) is 10.1. The van der Waals surface area contributed by atoms with Crippen molar-refractivity contribution >= 4 is 28.6 Å². The lowest BCUT2D eigenvalue weighted by molar-refractivity contribution is -0.308. The van der Waals surface area contributed by atoms with Gasteiger partial charge in [-0.25, -0.2) is 4.79 Å². The smallest absolute Gasteiger partial charge is 0.339 e. The highest BCUT2D eigenvalue weighted by molar-refractivity contribution is 14.1. The van der Waals surface area contributed by atoms with Crippen LogP contribution in [0, 0.1) is 0 Å². The summed E-state index contributed by atoms with van der Waals surface area (Å²) in [6, 6.07) is 0. The van der Waals surface area contributed by atoms with E-state index in [1.165, 1.54) is 6.92 Å². The summed E-state index contributed by atoms with van der Waals surface area (Å²) in [7, 11) is 0. The fraction of sp³-hybridized carbons (Fsp3) is 0.833. The second kappa shape index (κ2) is 8.22. The van der Waals surface area contributed by atoms with Crippen LogP contribution < -0.4 is 0 Å². The Labute approximate surface area is 79.3 Å². The van der Waals surface area contributed by atoms with Gasteiger partial charge in [0.25, 0.3) is 0 Å². The van der Waals surface area contributed by atoms with Crippen LogP contribution in [-0.4, -0.2) is 23.8 Å². The van der Waals surface area contributed by atoms with E-state index in [-0.39, 0.29) is 6.79 Å². The monoisotopic (exact) mass is 274 g/mol. The second-order valence-corrected chi connectivity index (χ2v) is 2.84. The molecule has 0 aromatic rings. The Morgan fingerprint density at radius 2 is 2.27 bits per heavy atom. The first kappa shape index (κ1) is 11.1. The molecule has 0 aliphatic rings. The van der Waals surface area contributed by atoms with E-state index in [1.54, 1.807) is 0 Å². The Balaban J connectivity index is 2.85. The third-order valence-electron chi connectivity index (χ3n) is 0.730. The zero-order valence-electron chi connectivity index (χ0n) is 6.34. The average Bonchev–Trinajstić information content (AvgIpc) is 1.96. The van der Waals surface area contributed by atoms with Gasteiger partial charge in [-0.05, 0) is 6.42 Å². The van der Waals surface area contributed by atoms with Gasteiger partial charge in [0.15, 0.2) is 6.79 Å². The van der Waals surface area contributed by atoms with Gasteiger partial charge in [-0.1, -0.05) is 22.6 Å². The molecule has 0 aliphatic heterocycles. The number of ether oxygens (including phenoxy) is 1. The van der Waals surface area contributed by atoms with E-state index in [0.717, 1.165) is 10.8 Å². The first-order valence-corrected chi connectivity index (χ1v) is 4.73. The van der Waals surface area contributed by atoms with Crippen molar-refractivity contribution in [3.8, 4) is 0 Å². The van der Waals surface area contributed by atoms with Crippen LogP contribution in [-0.2, 0) is 19.3 Å². The molecule has 0 atom stereocenters. The first-order valence-electron chi connectivity index (χ1n) is 3.21. The fourth-order valence-corrected chi connectivity index (χ4v) is 0.668. The van der Waals surface area contributed by atoms with Crippen molar-refractivity contribution in [1.29, 1.82) is 0 Å². The molecule has 0 saturated carbocycles. The van der Waals surface area contributed by atoms with E-state index < -0.39 is 5.97 Å². The molecule has 0 amide bonds. The number of hydrogen-bond acceptors (Lipinski definition) is 4. The highest BCUT2D eigenvalue weighted by Crippen LogP contribution is 1.89. The number of carbonyl (C=O) groups is 1. The van der Waals surface area contributed by atoms with Crippen LogP contribution in [0.25, 0.3) is 0 Å². The largest absolute Gasteiger partial charge is 0.351 e. The van der Waals surface area contributed by atoms with Gasteiger partial charge >= 0.3 is 5.97 Å². The maximum absolute atomic E-state index is 10.1. The van der Waals surface area contributed by atoms with Gasteiger partial charge < -0.3 is 4.74 Å². The van der Waals surface area contributed by atoms with Crippen LogP contribution in [0.15, 0.2) is 0 Å². The second-order valence-electron chi connectivity index (χ2n) is 1.76. The topological polar surface area (TPSA) is 44.8 Å². The molecule has 0 spiro atoms. The Bertz CT molecular complexity index is 107. The van der Waals surface area contributed by atoms with Gasteiger partial charge in [-0.2, -0.15) is 4.89 Å². The molecular formula is C6H11IO4. The molecule has 0 radical (unpaired) electrons. The third-order valence-corrected chi connectivity index (χ3v) is 1.49. The van der Waals surface area contributed by atoms with Gasteiger partial charge in [0.05, 0.1) is 6.61 Å². The van der Waals surface area contributed by atoms with Crippen LogP contribution in [0.4, 0.5) is 0 Å². The number of halogens is 1. The molecule has 0 rings (SSSR count). The molecule has 0 N–H and O–H groups in total. The molecule has 4 nitrogen and oxygen atoms in total. The summed E-state index contributed by atoms with van der Waals surface area (Å²) >= 11 is 2.25. The van der Waals surface area contributed by atoms with Gasteiger partial charge in [0.1, 0.15) is 0 Å². The lowest BCUT2D eigenvalue weighted by Gasteiger charge is -2.01. The SMILES string of the molecule is CC(=O)OOCOCCCI. The van der Waals surface area contributed by atoms with Crippen LogP contribution in [0.3, 0.4) is 0 Å². The average molecular weight is 274 g/mol. The van der Waals surface area contributed by atoms with Crippen molar-refractivity contribution in [2.45, 2.75) is 13.3 Å². The molecule has 11 heavy (non-hydrogen) atoms. The normalized spacial score (nSPS) is 9.64. The van der Waals surface area contributed by atoms with Gasteiger partial charge in [-0.15, -0.1) is 0 Å². The minimum absolute atomic E-state index is 0.0101. The molecule has 66 valence electrons. The predicted octanol–water partition coefficient (Wildman–Crippen LogP) is 1.28. The molecule has 0 aromatic carbocycles. The number of carbonyl (C=O) groups excluding carboxylic acids is 1. The number of rotatable bonds is 6. The van der Waals surface area contributed by atoms with Gasteiger partial charge in [0, 0.05) is 11.4 Å². The van der Waals surface area contributed by atoms with Crippen molar-refractivity contribution in [3.05, 3.63) is 0 Å². The van der Waals surface area contributed by atoms with E-state index in [4.69, 9.17) is 4.74 Å². The Morgan fingerprint density at radius 1 is 1.55 bits per heavy atom. The quantitative estimate of drug-likeness (QED) is 0.183. The van der Waals surface area contributed by atoms with E-state index in [9.17, 15) is 4.79 Å². The Hall–Kier alpha value is 0.120. The molecule has 0 aromatic heterocycles. The zero-order chi connectivity index (χ0) is 8.53. The Kier molecular flexibility index (Phi) is 8.31. The molecular weight excluding hydrogens is 263 g/mol. The van der Waals surface area contributed by atoms with Crippen molar-refractivity contribution in [2.75, 3.05) is 17.8 Å². The standard InChI is InChI=1S/C6H11IO4/c1-6(8)11-10-5-9-4-2-3-7/h2-5H2,1H3. The van der Waals surface area contributed by atoms with Crippen molar-refractivity contribution in [3.63, 3.8) is 0 Å². The van der Waals surface area contributed by atoms with Gasteiger partial charge in [-0.3, -0.25) is 4.89 Å². The first-order chi connectivity index (χ1) is 5.27. The van der Waals surface area contributed by atoms with Crippen molar-refractivity contribution in [1.82, 2.24) is 0 Å². The summed E-state index contributed by atoms with van der Waals surface area (Å²) in [5, 5.41) is 0. The summed E-state index contributed by atoms with van der Waals surface area (Å²) in [5.74, 6) is -0.470. The number of alkyl halides is 1. The maximum atomic E-state index is 10.1. The number of hydrogen-bond donors (Lipinski definition) is 0. The van der Waals surface area contributed by atoms with Crippen molar-refractivity contribution < 1.29 is 19.3 Å². The molecule has 0 fully saturated rings. The molecule has 0 heterocycles. The van der Waals surface area contributed by atoms with E-state index in [0.29, 0.717) is 6.61 Å². The van der Waals surface area contributed by atoms with E-state index >= 15 is 0 Å². The van der Waals surface area contributed by atoms with Crippen LogP contribution in [0.2, 0.25) is 0 Å². The minimum Gasteiger partial charge on any atom is -0.351 e. The highest BCUT2D eigenvalue weighted by Gasteiger charge is 1.92. The highest BCUT2D eigenvalue weighted by atomic mass is 127. The van der Waals surface area contributed by atoms with Crippen molar-refractivity contribution in [2.24, 2.45) is 0 Å². The summed E-state index contributed by atoms with van der Waals surface area (Å²) < 4.78 is 5.97. The lowest BCUT2D eigenvalue weighted by Crippen LogP contribution is -2.05. The predicted molar refractivity (Wildman–Crippen MR) is 47.2 cm³/mol. The summed E-state index contributed by atoms with van der Waals surface area (Å²) in [6.07, 6.45) is 0.976. The summed E-state index contributed by atoms with van der Waals surface area (Å²) in [6.45, 7) is 1.91. The Morgan fingerprint density at radius 3 is 2.82 bits per heavy atom. The summed E-state index contributed by atoms with van der Waals surface area (Å²) in [4.78, 5) is 18.7. The molecule has 0 aliphatic carbocycles. The van der Waals surface area contributed by atoms with E-state index in [1.807, 2.05) is 0 Å². The minimum atomic E-state index is -0.470. The molecule has 5 heteroatoms. The fourth-order valence-electron chi connectivity index (χ4n) is 0.357. The van der Waals surface area contributed by atoms with E-state index in [2.05, 4.69) is 32.4 Å². The molecule has 0 unspecified atom stereocenters. The maximum Gasteiger partial charge on any atom is 0.339 e. The van der Waals surface area contributed by atoms with Gasteiger partial charge in [0.2, 0.25) is 0 Å². The van der Waals surface area contributed by atoms with Crippen LogP contribution in [0.5, 0.6) is 0 Å². The van der Waals surface area contributed by atoms with Crippen LogP contribution >= 0.6 is 22.6 Å². The zero-order valence-corrected chi connectivity index (χ0v) is 8.50.